The Hall–Kier alpha value is -1.34. The predicted octanol–water partition coefficient (Wildman–Crippen LogP) is 6.19. The summed E-state index contributed by atoms with van der Waals surface area (Å²) in [6.45, 7) is 4.26. The molecule has 0 saturated heterocycles. The van der Waals surface area contributed by atoms with Crippen LogP contribution < -0.4 is 0 Å². The van der Waals surface area contributed by atoms with Gasteiger partial charge in [-0.05, 0) is 30.7 Å². The molecule has 0 heterocycles. The van der Waals surface area contributed by atoms with Gasteiger partial charge in [0, 0.05) is 11.3 Å². The van der Waals surface area contributed by atoms with Crippen LogP contribution in [0.1, 0.15) is 70.8 Å². The maximum Gasteiger partial charge on any atom is 0.0741 e. The maximum absolute atomic E-state index is 11.1. The van der Waals surface area contributed by atoms with Crippen molar-refractivity contribution in [2.24, 2.45) is 11.8 Å². The fraction of sp³-hybridized carbons (Fsp3) is 0.583. The Morgan fingerprint density at radius 1 is 1.04 bits per heavy atom. The quantitative estimate of drug-likeness (QED) is 0.588. The second kappa shape index (κ2) is 7.91. The van der Waals surface area contributed by atoms with Gasteiger partial charge in [0.1, 0.15) is 0 Å². The van der Waals surface area contributed by atoms with E-state index < -0.39 is 5.60 Å². The van der Waals surface area contributed by atoms with Gasteiger partial charge in [0.15, 0.2) is 0 Å². The Morgan fingerprint density at radius 2 is 1.68 bits per heavy atom. The normalized spacial score (nSPS) is 29.0. The Balaban J connectivity index is 1.87. The van der Waals surface area contributed by atoms with Crippen molar-refractivity contribution in [1.82, 2.24) is 0 Å². The van der Waals surface area contributed by atoms with Crippen LogP contribution in [0.5, 0.6) is 0 Å². The van der Waals surface area contributed by atoms with E-state index in [-0.39, 0.29) is 11.3 Å². The molecule has 1 aromatic carbocycles. The van der Waals surface area contributed by atoms with E-state index in [1.807, 2.05) is 0 Å². The molecule has 1 heteroatoms. The smallest absolute Gasteiger partial charge is 0.0741 e. The van der Waals surface area contributed by atoms with Gasteiger partial charge in [-0.1, -0.05) is 101 Å². The van der Waals surface area contributed by atoms with Crippen molar-refractivity contribution >= 4 is 0 Å². The first kappa shape index (κ1) is 18.5. The van der Waals surface area contributed by atoms with Crippen LogP contribution in [-0.2, 0) is 5.41 Å². The van der Waals surface area contributed by atoms with Crippen molar-refractivity contribution in [3.05, 3.63) is 60.2 Å². The summed E-state index contributed by atoms with van der Waals surface area (Å²) in [5.41, 5.74) is 0.800. The van der Waals surface area contributed by atoms with Crippen LogP contribution >= 0.6 is 0 Å². The first-order chi connectivity index (χ1) is 12.1. The Morgan fingerprint density at radius 3 is 2.24 bits per heavy atom. The average Bonchev–Trinajstić information content (AvgIpc) is 3.16. The number of allylic oxidation sites excluding steroid dienone is 2. The number of rotatable bonds is 7. The molecule has 2 aliphatic rings. The second-order valence-corrected chi connectivity index (χ2v) is 8.21. The molecule has 2 aliphatic carbocycles. The lowest BCUT2D eigenvalue weighted by Gasteiger charge is -2.39. The van der Waals surface area contributed by atoms with Crippen molar-refractivity contribution < 1.29 is 5.11 Å². The third kappa shape index (κ3) is 3.92. The SMILES string of the molecule is CCCC(O)(CC)C1C=CC(CC2CCCC2)(c2ccccc2)C=C1. The first-order valence-corrected chi connectivity index (χ1v) is 10.3. The monoisotopic (exact) mass is 338 g/mol. The van der Waals surface area contributed by atoms with Gasteiger partial charge < -0.3 is 5.11 Å². The zero-order valence-electron chi connectivity index (χ0n) is 16.0. The lowest BCUT2D eigenvalue weighted by atomic mass is 9.68. The zero-order chi connectivity index (χ0) is 17.8. The molecule has 1 aromatic rings. The van der Waals surface area contributed by atoms with E-state index in [4.69, 9.17) is 0 Å². The van der Waals surface area contributed by atoms with Crippen molar-refractivity contribution in [3.8, 4) is 0 Å². The third-order valence-corrected chi connectivity index (χ3v) is 6.53. The van der Waals surface area contributed by atoms with Gasteiger partial charge in [0.05, 0.1) is 5.60 Å². The average molecular weight is 339 g/mol. The summed E-state index contributed by atoms with van der Waals surface area (Å²) in [6, 6.07) is 10.9. The zero-order valence-corrected chi connectivity index (χ0v) is 16.0. The molecule has 3 rings (SSSR count). The van der Waals surface area contributed by atoms with Crippen LogP contribution in [0.2, 0.25) is 0 Å². The molecular formula is C24H34O. The van der Waals surface area contributed by atoms with E-state index in [1.54, 1.807) is 0 Å². The molecule has 25 heavy (non-hydrogen) atoms. The van der Waals surface area contributed by atoms with Gasteiger partial charge in [-0.25, -0.2) is 0 Å². The van der Waals surface area contributed by atoms with Gasteiger partial charge in [0.2, 0.25) is 0 Å². The Labute approximate surface area is 153 Å². The van der Waals surface area contributed by atoms with Crippen molar-refractivity contribution in [2.45, 2.75) is 76.2 Å². The molecule has 1 fully saturated rings. The van der Waals surface area contributed by atoms with Crippen LogP contribution in [0.15, 0.2) is 54.6 Å². The van der Waals surface area contributed by atoms with Crippen LogP contribution in [0, 0.1) is 11.8 Å². The van der Waals surface area contributed by atoms with Gasteiger partial charge >= 0.3 is 0 Å². The number of benzene rings is 1. The number of hydrogen-bond acceptors (Lipinski definition) is 1. The van der Waals surface area contributed by atoms with Gasteiger partial charge in [-0.2, -0.15) is 0 Å². The molecule has 136 valence electrons. The molecule has 1 unspecified atom stereocenters. The van der Waals surface area contributed by atoms with Crippen LogP contribution in [0.3, 0.4) is 0 Å². The van der Waals surface area contributed by atoms with Crippen LogP contribution in [-0.4, -0.2) is 10.7 Å². The fourth-order valence-electron chi connectivity index (χ4n) is 4.93. The molecule has 1 atom stereocenters. The van der Waals surface area contributed by atoms with Crippen molar-refractivity contribution in [3.63, 3.8) is 0 Å². The maximum atomic E-state index is 11.1. The Kier molecular flexibility index (Phi) is 5.84. The van der Waals surface area contributed by atoms with E-state index in [2.05, 4.69) is 68.5 Å². The van der Waals surface area contributed by atoms with Gasteiger partial charge in [-0.15, -0.1) is 0 Å². The summed E-state index contributed by atoms with van der Waals surface area (Å²) in [6.07, 6.45) is 18.8. The molecular weight excluding hydrogens is 304 g/mol. The summed E-state index contributed by atoms with van der Waals surface area (Å²) < 4.78 is 0. The molecule has 1 saturated carbocycles. The highest BCUT2D eigenvalue weighted by atomic mass is 16.3. The minimum atomic E-state index is -0.599. The summed E-state index contributed by atoms with van der Waals surface area (Å²) in [4.78, 5) is 0. The van der Waals surface area contributed by atoms with E-state index in [0.29, 0.717) is 0 Å². The summed E-state index contributed by atoms with van der Waals surface area (Å²) in [5, 5.41) is 11.1. The standard InChI is InChI=1S/C24H34O/c1-3-16-24(25,4-2)22-14-17-23(18-15-22,19-20-10-8-9-11-20)21-12-6-5-7-13-21/h5-7,12-15,17-18,20,22,25H,3-4,8-11,16,19H2,1-2H3. The molecule has 0 aromatic heterocycles. The summed E-state index contributed by atoms with van der Waals surface area (Å²) >= 11 is 0. The number of aliphatic hydroxyl groups is 1. The highest BCUT2D eigenvalue weighted by molar-refractivity contribution is 5.40. The first-order valence-electron chi connectivity index (χ1n) is 10.3. The van der Waals surface area contributed by atoms with E-state index in [0.717, 1.165) is 25.2 Å². The molecule has 0 aliphatic heterocycles. The largest absolute Gasteiger partial charge is 0.389 e. The third-order valence-electron chi connectivity index (χ3n) is 6.53. The van der Waals surface area contributed by atoms with Crippen LogP contribution in [0.4, 0.5) is 0 Å². The van der Waals surface area contributed by atoms with Crippen molar-refractivity contribution in [1.29, 1.82) is 0 Å². The lowest BCUT2D eigenvalue weighted by Crippen LogP contribution is -2.38. The second-order valence-electron chi connectivity index (χ2n) is 8.21. The highest BCUT2D eigenvalue weighted by Gasteiger charge is 2.37. The van der Waals surface area contributed by atoms with E-state index in [1.165, 1.54) is 37.7 Å². The predicted molar refractivity (Wildman–Crippen MR) is 107 cm³/mol. The topological polar surface area (TPSA) is 20.2 Å². The molecule has 0 bridgehead atoms. The van der Waals surface area contributed by atoms with E-state index in [9.17, 15) is 5.11 Å². The summed E-state index contributed by atoms with van der Waals surface area (Å²) in [5.74, 6) is 0.963. The van der Waals surface area contributed by atoms with Gasteiger partial charge in [0.25, 0.3) is 0 Å². The highest BCUT2D eigenvalue weighted by Crippen LogP contribution is 2.44. The molecule has 0 amide bonds. The van der Waals surface area contributed by atoms with Gasteiger partial charge in [-0.3, -0.25) is 0 Å². The fourth-order valence-corrected chi connectivity index (χ4v) is 4.93. The van der Waals surface area contributed by atoms with Crippen molar-refractivity contribution in [2.75, 3.05) is 0 Å². The molecule has 0 radical (unpaired) electrons. The van der Waals surface area contributed by atoms with Crippen LogP contribution in [0.25, 0.3) is 0 Å². The number of hydrogen-bond donors (Lipinski definition) is 1. The van der Waals surface area contributed by atoms with E-state index >= 15 is 0 Å². The minimum absolute atomic E-state index is 0.00757. The molecule has 1 nitrogen and oxygen atoms in total. The molecule has 1 N–H and O–H groups in total. The summed E-state index contributed by atoms with van der Waals surface area (Å²) in [7, 11) is 0. The Bertz CT molecular complexity index is 580. The molecule has 0 spiro atoms. The lowest BCUT2D eigenvalue weighted by molar-refractivity contribution is 0.00157. The minimum Gasteiger partial charge on any atom is -0.389 e.